The number of ether oxygens (including phenoxy) is 1. The molecule has 154 valence electrons. The molecule has 3 N–H and O–H groups in total. The van der Waals surface area contributed by atoms with Crippen LogP contribution in [-0.4, -0.2) is 27.7 Å². The molecule has 0 bridgehead atoms. The van der Waals surface area contributed by atoms with Crippen molar-refractivity contribution in [1.82, 2.24) is 14.5 Å². The van der Waals surface area contributed by atoms with Gasteiger partial charge < -0.3 is 20.4 Å². The lowest BCUT2D eigenvalue weighted by Crippen LogP contribution is -2.14. The van der Waals surface area contributed by atoms with E-state index in [0.29, 0.717) is 24.7 Å². The Morgan fingerprint density at radius 1 is 1.21 bits per heavy atom. The zero-order chi connectivity index (χ0) is 20.6. The van der Waals surface area contributed by atoms with E-state index in [1.165, 1.54) is 5.56 Å². The van der Waals surface area contributed by atoms with E-state index < -0.39 is 0 Å². The highest BCUT2D eigenvalue weighted by Gasteiger charge is 2.08. The normalized spacial score (nSPS) is 11.0. The van der Waals surface area contributed by atoms with Crippen molar-refractivity contribution in [2.75, 3.05) is 24.2 Å². The predicted octanol–water partition coefficient (Wildman–Crippen LogP) is 3.62. The van der Waals surface area contributed by atoms with Crippen molar-refractivity contribution in [1.29, 1.82) is 0 Å². The molecule has 2 heterocycles. The first-order valence-electron chi connectivity index (χ1n) is 10.2. The van der Waals surface area contributed by atoms with Crippen molar-refractivity contribution in [3.8, 4) is 5.75 Å². The highest BCUT2D eigenvalue weighted by Crippen LogP contribution is 2.22. The second-order valence-electron chi connectivity index (χ2n) is 7.04. The molecule has 0 unspecified atom stereocenters. The summed E-state index contributed by atoms with van der Waals surface area (Å²) in [5.74, 6) is 1.40. The number of fused-ring (bicyclic) bond motifs is 1. The fourth-order valence-corrected chi connectivity index (χ4v) is 3.24. The van der Waals surface area contributed by atoms with Crippen molar-refractivity contribution in [3.05, 3.63) is 52.4 Å². The number of nitrogen functional groups attached to an aromatic ring is 1. The average Bonchev–Trinajstić information content (AvgIpc) is 2.71. The number of anilines is 2. The summed E-state index contributed by atoms with van der Waals surface area (Å²) in [5.41, 5.74) is 7.92. The zero-order valence-electron chi connectivity index (χ0n) is 17.1. The summed E-state index contributed by atoms with van der Waals surface area (Å²) >= 11 is 0. The van der Waals surface area contributed by atoms with Gasteiger partial charge in [-0.2, -0.15) is 4.98 Å². The summed E-state index contributed by atoms with van der Waals surface area (Å²) < 4.78 is 8.00. The maximum Gasteiger partial charge on any atom is 0.222 e. The monoisotopic (exact) mass is 395 g/mol. The molecule has 29 heavy (non-hydrogen) atoms. The SMILES string of the molecule is CCCCNc1nc(N)ncc1OCCn1ccc(=O)c2ccc(CCC)cc21. The Hall–Kier alpha value is -3.09. The van der Waals surface area contributed by atoms with E-state index in [-0.39, 0.29) is 11.4 Å². The third-order valence-electron chi connectivity index (χ3n) is 4.77. The molecular weight excluding hydrogens is 366 g/mol. The Balaban J connectivity index is 1.75. The summed E-state index contributed by atoms with van der Waals surface area (Å²) in [6.07, 6.45) is 7.60. The first-order chi connectivity index (χ1) is 14.1. The van der Waals surface area contributed by atoms with Crippen LogP contribution in [0.25, 0.3) is 10.9 Å². The Bertz CT molecular complexity index is 1020. The number of pyridine rings is 1. The average molecular weight is 396 g/mol. The van der Waals surface area contributed by atoms with Gasteiger partial charge in [0.15, 0.2) is 17.0 Å². The van der Waals surface area contributed by atoms with E-state index in [0.717, 1.165) is 43.1 Å². The van der Waals surface area contributed by atoms with Crippen molar-refractivity contribution in [2.45, 2.75) is 46.1 Å². The van der Waals surface area contributed by atoms with Gasteiger partial charge in [-0.05, 0) is 30.5 Å². The smallest absolute Gasteiger partial charge is 0.222 e. The summed E-state index contributed by atoms with van der Waals surface area (Å²) in [6.45, 7) is 6.11. The molecular formula is C22H29N5O2. The number of benzene rings is 1. The zero-order valence-corrected chi connectivity index (χ0v) is 17.1. The van der Waals surface area contributed by atoms with Crippen LogP contribution in [0.15, 0.2) is 41.5 Å². The number of hydrogen-bond donors (Lipinski definition) is 2. The third-order valence-corrected chi connectivity index (χ3v) is 4.77. The van der Waals surface area contributed by atoms with Crippen LogP contribution < -0.4 is 21.2 Å². The van der Waals surface area contributed by atoms with Crippen LogP contribution in [0, 0.1) is 0 Å². The van der Waals surface area contributed by atoms with Gasteiger partial charge in [0.05, 0.1) is 18.3 Å². The molecule has 0 spiro atoms. The molecule has 7 nitrogen and oxygen atoms in total. The van der Waals surface area contributed by atoms with Crippen molar-refractivity contribution >= 4 is 22.7 Å². The van der Waals surface area contributed by atoms with Gasteiger partial charge in [0.2, 0.25) is 5.95 Å². The number of hydrogen-bond acceptors (Lipinski definition) is 6. The van der Waals surface area contributed by atoms with Gasteiger partial charge in [0.25, 0.3) is 0 Å². The molecule has 0 radical (unpaired) electrons. The number of nitrogens with two attached hydrogens (primary N) is 1. The molecule has 0 atom stereocenters. The number of unbranched alkanes of at least 4 members (excludes halogenated alkanes) is 1. The molecule has 0 aliphatic heterocycles. The largest absolute Gasteiger partial charge is 0.486 e. The number of rotatable bonds is 10. The van der Waals surface area contributed by atoms with Gasteiger partial charge in [0, 0.05) is 24.2 Å². The maximum atomic E-state index is 12.2. The van der Waals surface area contributed by atoms with E-state index in [9.17, 15) is 4.79 Å². The van der Waals surface area contributed by atoms with E-state index in [1.54, 1.807) is 12.3 Å². The molecule has 2 aromatic heterocycles. The molecule has 0 saturated heterocycles. The Kier molecular flexibility index (Phi) is 7.05. The second kappa shape index (κ2) is 9.91. The van der Waals surface area contributed by atoms with Gasteiger partial charge in [-0.15, -0.1) is 0 Å². The number of aromatic nitrogens is 3. The molecule has 0 fully saturated rings. The van der Waals surface area contributed by atoms with E-state index in [2.05, 4.69) is 39.8 Å². The summed E-state index contributed by atoms with van der Waals surface area (Å²) in [5, 5.41) is 3.98. The minimum absolute atomic E-state index is 0.0366. The van der Waals surface area contributed by atoms with Crippen molar-refractivity contribution in [2.24, 2.45) is 0 Å². The molecule has 0 amide bonds. The van der Waals surface area contributed by atoms with E-state index >= 15 is 0 Å². The standard InChI is InChI=1S/C22H29N5O2/c1-3-5-10-24-21-20(15-25-22(23)26-21)29-13-12-27-11-9-19(28)17-8-7-16(6-4-2)14-18(17)27/h7-9,11,14-15H,3-6,10,12-13H2,1-2H3,(H3,23,24,25,26). The minimum atomic E-state index is 0.0366. The fourth-order valence-electron chi connectivity index (χ4n) is 3.24. The summed E-state index contributed by atoms with van der Waals surface area (Å²) in [7, 11) is 0. The predicted molar refractivity (Wildman–Crippen MR) is 118 cm³/mol. The highest BCUT2D eigenvalue weighted by molar-refractivity contribution is 5.79. The Morgan fingerprint density at radius 3 is 2.86 bits per heavy atom. The number of nitrogens with one attached hydrogen (secondary N) is 1. The molecule has 7 heteroatoms. The molecule has 1 aromatic carbocycles. The first-order valence-corrected chi connectivity index (χ1v) is 10.2. The quantitative estimate of drug-likeness (QED) is 0.509. The molecule has 0 saturated carbocycles. The van der Waals surface area contributed by atoms with Gasteiger partial charge in [-0.1, -0.05) is 32.8 Å². The Morgan fingerprint density at radius 2 is 2.07 bits per heavy atom. The summed E-state index contributed by atoms with van der Waals surface area (Å²) in [4.78, 5) is 20.5. The first kappa shape index (κ1) is 20.6. The highest BCUT2D eigenvalue weighted by atomic mass is 16.5. The van der Waals surface area contributed by atoms with Crippen LogP contribution in [0.3, 0.4) is 0 Å². The van der Waals surface area contributed by atoms with Crippen LogP contribution in [-0.2, 0) is 13.0 Å². The summed E-state index contributed by atoms with van der Waals surface area (Å²) in [6, 6.07) is 7.66. The molecule has 0 aliphatic rings. The Labute approximate surface area is 170 Å². The number of aryl methyl sites for hydroxylation is 1. The third kappa shape index (κ3) is 5.25. The van der Waals surface area contributed by atoms with Crippen LogP contribution in [0.2, 0.25) is 0 Å². The lowest BCUT2D eigenvalue weighted by molar-refractivity contribution is 0.299. The molecule has 0 aliphatic carbocycles. The topological polar surface area (TPSA) is 95.1 Å². The van der Waals surface area contributed by atoms with E-state index in [4.69, 9.17) is 10.5 Å². The van der Waals surface area contributed by atoms with Gasteiger partial charge in [-0.3, -0.25) is 4.79 Å². The van der Waals surface area contributed by atoms with E-state index in [1.807, 2.05) is 18.3 Å². The van der Waals surface area contributed by atoms with Crippen LogP contribution in [0.1, 0.15) is 38.7 Å². The second-order valence-corrected chi connectivity index (χ2v) is 7.04. The van der Waals surface area contributed by atoms with Crippen LogP contribution >= 0.6 is 0 Å². The van der Waals surface area contributed by atoms with Gasteiger partial charge in [-0.25, -0.2) is 4.98 Å². The maximum absolute atomic E-state index is 12.2. The molecule has 3 aromatic rings. The number of nitrogens with zero attached hydrogens (tertiary/aromatic N) is 3. The van der Waals surface area contributed by atoms with Gasteiger partial charge in [0.1, 0.15) is 6.61 Å². The van der Waals surface area contributed by atoms with Crippen molar-refractivity contribution in [3.63, 3.8) is 0 Å². The van der Waals surface area contributed by atoms with Gasteiger partial charge >= 0.3 is 0 Å². The van der Waals surface area contributed by atoms with Crippen LogP contribution in [0.5, 0.6) is 5.75 Å². The van der Waals surface area contributed by atoms with Crippen LogP contribution in [0.4, 0.5) is 11.8 Å². The minimum Gasteiger partial charge on any atom is -0.486 e. The lowest BCUT2D eigenvalue weighted by atomic mass is 10.1. The molecule has 3 rings (SSSR count). The van der Waals surface area contributed by atoms with Crippen molar-refractivity contribution < 1.29 is 4.74 Å². The fraction of sp³-hybridized carbons (Fsp3) is 0.409. The lowest BCUT2D eigenvalue weighted by Gasteiger charge is -2.15.